The average molecular weight is 263 g/mol. The molecule has 0 aromatic heterocycles. The zero-order valence-corrected chi connectivity index (χ0v) is 10.6. The predicted octanol–water partition coefficient (Wildman–Crippen LogP) is 3.38. The van der Waals surface area contributed by atoms with Gasteiger partial charge in [-0.15, -0.1) is 12.4 Å². The molecule has 0 atom stereocenters. The Kier molecular flexibility index (Phi) is 5.21. The van der Waals surface area contributed by atoms with Crippen LogP contribution in [0.3, 0.4) is 0 Å². The molecule has 0 spiro atoms. The standard InChI is InChI=1S/C14H14N2O.ClH/c15-14(16)10-11-5-4-8-13(9-11)17-12-6-2-1-3-7-12;/h1-9H,10H2,(H3,15,16);1H. The predicted molar refractivity (Wildman–Crippen MR) is 75.8 cm³/mol. The van der Waals surface area contributed by atoms with Gasteiger partial charge in [0.05, 0.1) is 5.84 Å². The van der Waals surface area contributed by atoms with Gasteiger partial charge in [-0.3, -0.25) is 5.41 Å². The molecular formula is C14H15ClN2O. The minimum atomic E-state index is 0. The molecule has 0 amide bonds. The third kappa shape index (κ3) is 4.11. The van der Waals surface area contributed by atoms with Gasteiger partial charge in [-0.1, -0.05) is 30.3 Å². The van der Waals surface area contributed by atoms with Crippen molar-refractivity contribution >= 4 is 18.2 Å². The van der Waals surface area contributed by atoms with Gasteiger partial charge in [-0.25, -0.2) is 0 Å². The van der Waals surface area contributed by atoms with Gasteiger partial charge >= 0.3 is 0 Å². The zero-order valence-electron chi connectivity index (χ0n) is 9.80. The van der Waals surface area contributed by atoms with E-state index >= 15 is 0 Å². The van der Waals surface area contributed by atoms with Gasteiger partial charge in [0.2, 0.25) is 0 Å². The monoisotopic (exact) mass is 262 g/mol. The van der Waals surface area contributed by atoms with E-state index in [0.717, 1.165) is 17.1 Å². The summed E-state index contributed by atoms with van der Waals surface area (Å²) in [5.74, 6) is 1.71. The Morgan fingerprint density at radius 3 is 2.33 bits per heavy atom. The normalized spacial score (nSPS) is 9.33. The number of hydrogen-bond acceptors (Lipinski definition) is 2. The molecule has 0 aliphatic rings. The number of para-hydroxylation sites is 1. The lowest BCUT2D eigenvalue weighted by Gasteiger charge is -2.07. The first-order chi connectivity index (χ1) is 8.24. The summed E-state index contributed by atoms with van der Waals surface area (Å²) in [6.45, 7) is 0. The minimum absolute atomic E-state index is 0. The third-order valence-electron chi connectivity index (χ3n) is 2.27. The van der Waals surface area contributed by atoms with Gasteiger partial charge in [0.15, 0.2) is 0 Å². The van der Waals surface area contributed by atoms with Crippen molar-refractivity contribution in [3.63, 3.8) is 0 Å². The highest BCUT2D eigenvalue weighted by molar-refractivity contribution is 5.85. The lowest BCUT2D eigenvalue weighted by atomic mass is 10.1. The summed E-state index contributed by atoms with van der Waals surface area (Å²) in [5, 5.41) is 7.26. The van der Waals surface area contributed by atoms with Crippen LogP contribution in [0.4, 0.5) is 0 Å². The number of nitrogens with one attached hydrogen (secondary N) is 1. The van der Waals surface area contributed by atoms with Crippen molar-refractivity contribution in [3.8, 4) is 11.5 Å². The second kappa shape index (κ2) is 6.67. The molecule has 4 heteroatoms. The fraction of sp³-hybridized carbons (Fsp3) is 0.0714. The van der Waals surface area contributed by atoms with E-state index in [-0.39, 0.29) is 18.2 Å². The number of halogens is 1. The first-order valence-electron chi connectivity index (χ1n) is 5.39. The Bertz CT molecular complexity index is 514. The molecule has 0 unspecified atom stereocenters. The molecule has 3 N–H and O–H groups in total. The van der Waals surface area contributed by atoms with Gasteiger partial charge in [0.1, 0.15) is 11.5 Å². The second-order valence-corrected chi connectivity index (χ2v) is 3.76. The highest BCUT2D eigenvalue weighted by atomic mass is 35.5. The first kappa shape index (κ1) is 14.1. The topological polar surface area (TPSA) is 59.1 Å². The summed E-state index contributed by atoms with van der Waals surface area (Å²) < 4.78 is 5.69. The van der Waals surface area contributed by atoms with Crippen LogP contribution < -0.4 is 10.5 Å². The van der Waals surface area contributed by atoms with E-state index in [4.69, 9.17) is 15.9 Å². The molecule has 0 heterocycles. The molecule has 0 aliphatic heterocycles. The molecule has 0 radical (unpaired) electrons. The van der Waals surface area contributed by atoms with E-state index in [1.54, 1.807) is 0 Å². The maximum atomic E-state index is 7.26. The fourth-order valence-corrected chi connectivity index (χ4v) is 1.56. The van der Waals surface area contributed by atoms with Crippen molar-refractivity contribution in [2.45, 2.75) is 6.42 Å². The zero-order chi connectivity index (χ0) is 12.1. The number of amidine groups is 1. The van der Waals surface area contributed by atoms with Crippen LogP contribution in [0.2, 0.25) is 0 Å². The SMILES string of the molecule is Cl.N=C(N)Cc1cccc(Oc2ccccc2)c1. The minimum Gasteiger partial charge on any atom is -0.457 e. The van der Waals surface area contributed by atoms with Crippen LogP contribution >= 0.6 is 12.4 Å². The van der Waals surface area contributed by atoms with Crippen molar-refractivity contribution in [3.05, 3.63) is 60.2 Å². The van der Waals surface area contributed by atoms with Crippen molar-refractivity contribution in [1.82, 2.24) is 0 Å². The molecule has 0 aliphatic carbocycles. The van der Waals surface area contributed by atoms with E-state index in [1.165, 1.54) is 0 Å². The van der Waals surface area contributed by atoms with Crippen LogP contribution in [0.15, 0.2) is 54.6 Å². The smallest absolute Gasteiger partial charge is 0.127 e. The van der Waals surface area contributed by atoms with Gasteiger partial charge in [-0.05, 0) is 29.8 Å². The maximum absolute atomic E-state index is 7.26. The molecule has 2 aromatic carbocycles. The summed E-state index contributed by atoms with van der Waals surface area (Å²) in [7, 11) is 0. The lowest BCUT2D eigenvalue weighted by molar-refractivity contribution is 0.482. The summed E-state index contributed by atoms with van der Waals surface area (Å²) in [4.78, 5) is 0. The molecule has 0 fully saturated rings. The Morgan fingerprint density at radius 1 is 1.00 bits per heavy atom. The van der Waals surface area contributed by atoms with Crippen LogP contribution in [0, 0.1) is 5.41 Å². The summed E-state index contributed by atoms with van der Waals surface area (Å²) in [5.41, 5.74) is 6.35. The lowest BCUT2D eigenvalue weighted by Crippen LogP contribution is -2.12. The van der Waals surface area contributed by atoms with Gasteiger partial charge < -0.3 is 10.5 Å². The van der Waals surface area contributed by atoms with Crippen molar-refractivity contribution in [2.24, 2.45) is 5.73 Å². The third-order valence-corrected chi connectivity index (χ3v) is 2.27. The van der Waals surface area contributed by atoms with Crippen LogP contribution in [0.5, 0.6) is 11.5 Å². The summed E-state index contributed by atoms with van der Waals surface area (Å²) >= 11 is 0. The van der Waals surface area contributed by atoms with Crippen LogP contribution in [0.25, 0.3) is 0 Å². The molecule has 0 saturated carbocycles. The van der Waals surface area contributed by atoms with E-state index in [0.29, 0.717) is 6.42 Å². The summed E-state index contributed by atoms with van der Waals surface area (Å²) in [6.07, 6.45) is 0.450. The molecule has 2 aromatic rings. The number of nitrogens with two attached hydrogens (primary N) is 1. The van der Waals surface area contributed by atoms with Gasteiger partial charge in [0, 0.05) is 6.42 Å². The van der Waals surface area contributed by atoms with E-state index in [9.17, 15) is 0 Å². The fourth-order valence-electron chi connectivity index (χ4n) is 1.56. The highest BCUT2D eigenvalue weighted by Crippen LogP contribution is 2.21. The van der Waals surface area contributed by atoms with Crippen LogP contribution in [0.1, 0.15) is 5.56 Å². The second-order valence-electron chi connectivity index (χ2n) is 3.76. The Balaban J connectivity index is 0.00000162. The first-order valence-corrected chi connectivity index (χ1v) is 5.39. The number of rotatable bonds is 4. The van der Waals surface area contributed by atoms with E-state index in [1.807, 2.05) is 54.6 Å². The summed E-state index contributed by atoms with van der Waals surface area (Å²) in [6, 6.07) is 17.2. The highest BCUT2D eigenvalue weighted by Gasteiger charge is 1.99. The Morgan fingerprint density at radius 2 is 1.67 bits per heavy atom. The Labute approximate surface area is 113 Å². The molecular weight excluding hydrogens is 248 g/mol. The van der Waals surface area contributed by atoms with E-state index < -0.39 is 0 Å². The molecule has 18 heavy (non-hydrogen) atoms. The Hall–Kier alpha value is -2.00. The average Bonchev–Trinajstić information content (AvgIpc) is 2.30. The van der Waals surface area contributed by atoms with Crippen molar-refractivity contribution in [2.75, 3.05) is 0 Å². The molecule has 3 nitrogen and oxygen atoms in total. The van der Waals surface area contributed by atoms with Crippen LogP contribution in [-0.2, 0) is 6.42 Å². The van der Waals surface area contributed by atoms with Crippen molar-refractivity contribution < 1.29 is 4.74 Å². The van der Waals surface area contributed by atoms with Crippen LogP contribution in [-0.4, -0.2) is 5.84 Å². The number of benzene rings is 2. The molecule has 94 valence electrons. The number of ether oxygens (including phenoxy) is 1. The van der Waals surface area contributed by atoms with Gasteiger partial charge in [-0.2, -0.15) is 0 Å². The molecule has 0 saturated heterocycles. The van der Waals surface area contributed by atoms with E-state index in [2.05, 4.69) is 0 Å². The van der Waals surface area contributed by atoms with Crippen molar-refractivity contribution in [1.29, 1.82) is 5.41 Å². The quantitative estimate of drug-likeness (QED) is 0.655. The molecule has 0 bridgehead atoms. The maximum Gasteiger partial charge on any atom is 0.127 e. The largest absolute Gasteiger partial charge is 0.457 e. The van der Waals surface area contributed by atoms with Gasteiger partial charge in [0.25, 0.3) is 0 Å². The molecule has 2 rings (SSSR count). The number of hydrogen-bond donors (Lipinski definition) is 2.